The summed E-state index contributed by atoms with van der Waals surface area (Å²) < 4.78 is 5.16. The summed E-state index contributed by atoms with van der Waals surface area (Å²) >= 11 is 3.88. The lowest BCUT2D eigenvalue weighted by molar-refractivity contribution is -0.107. The molecule has 1 saturated heterocycles. The molecule has 0 amide bonds. The highest BCUT2D eigenvalue weighted by Crippen LogP contribution is 2.15. The van der Waals surface area contributed by atoms with Crippen molar-refractivity contribution in [2.45, 2.75) is 24.7 Å². The van der Waals surface area contributed by atoms with Crippen molar-refractivity contribution in [1.29, 1.82) is 0 Å². The highest BCUT2D eigenvalue weighted by atomic mass is 32.1. The number of thiol groups is 1. The fourth-order valence-electron chi connectivity index (χ4n) is 1.03. The summed E-state index contributed by atoms with van der Waals surface area (Å²) in [6.07, 6.45) is 0.680. The number of aliphatic hydroxyl groups is 3. The second kappa shape index (κ2) is 7.34. The van der Waals surface area contributed by atoms with E-state index in [9.17, 15) is 5.11 Å². The molecule has 1 rings (SSSR count). The molecule has 1 aliphatic rings. The van der Waals surface area contributed by atoms with Crippen molar-refractivity contribution < 1.29 is 20.1 Å². The molecule has 3 unspecified atom stereocenters. The van der Waals surface area contributed by atoms with Gasteiger partial charge in [-0.25, -0.2) is 0 Å². The standard InChI is InChI=1S/C7H12O3S.CH4O/c8-6-3-5(1-2-11)10-4-7(6)9;1-2/h1-2,5-9,11H,3-4H2;2H,1H3/b2-1+;. The predicted molar refractivity (Wildman–Crippen MR) is 52.6 cm³/mol. The second-order valence-electron chi connectivity index (χ2n) is 2.58. The van der Waals surface area contributed by atoms with E-state index in [0.29, 0.717) is 6.42 Å². The van der Waals surface area contributed by atoms with E-state index in [1.165, 1.54) is 0 Å². The van der Waals surface area contributed by atoms with Gasteiger partial charge in [-0.05, 0) is 11.5 Å². The molecule has 1 aliphatic heterocycles. The first-order chi connectivity index (χ1) is 6.24. The minimum absolute atomic E-state index is 0.106. The van der Waals surface area contributed by atoms with Gasteiger partial charge in [-0.15, -0.1) is 0 Å². The van der Waals surface area contributed by atoms with E-state index < -0.39 is 12.2 Å². The second-order valence-corrected chi connectivity index (χ2v) is 2.88. The third-order valence-electron chi connectivity index (χ3n) is 1.70. The Kier molecular flexibility index (Phi) is 7.31. The maximum Gasteiger partial charge on any atom is 0.103 e. The Morgan fingerprint density at radius 1 is 1.31 bits per heavy atom. The third-order valence-corrected chi connectivity index (χ3v) is 1.87. The van der Waals surface area contributed by atoms with Crippen LogP contribution in [0.3, 0.4) is 0 Å². The summed E-state index contributed by atoms with van der Waals surface area (Å²) in [6.45, 7) is 0.198. The van der Waals surface area contributed by atoms with E-state index in [-0.39, 0.29) is 12.7 Å². The van der Waals surface area contributed by atoms with Crippen LogP contribution in [0.4, 0.5) is 0 Å². The molecule has 0 radical (unpaired) electrons. The molecule has 3 atom stereocenters. The summed E-state index contributed by atoms with van der Waals surface area (Å²) in [5.41, 5.74) is 0. The highest BCUT2D eigenvalue weighted by molar-refractivity contribution is 7.83. The summed E-state index contributed by atoms with van der Waals surface area (Å²) in [7, 11) is 1.00. The Morgan fingerprint density at radius 2 is 1.92 bits per heavy atom. The van der Waals surface area contributed by atoms with Gasteiger partial charge in [0, 0.05) is 13.5 Å². The van der Waals surface area contributed by atoms with E-state index >= 15 is 0 Å². The zero-order valence-corrected chi connectivity index (χ0v) is 8.39. The molecule has 1 heterocycles. The van der Waals surface area contributed by atoms with Crippen molar-refractivity contribution in [3.05, 3.63) is 11.5 Å². The molecule has 78 valence electrons. The van der Waals surface area contributed by atoms with Crippen LogP contribution in [0.25, 0.3) is 0 Å². The Balaban J connectivity index is 0.000000671. The molecule has 13 heavy (non-hydrogen) atoms. The van der Waals surface area contributed by atoms with Gasteiger partial charge in [-0.2, -0.15) is 12.6 Å². The first kappa shape index (κ1) is 12.9. The third kappa shape index (κ3) is 4.64. The molecule has 0 aromatic rings. The zero-order chi connectivity index (χ0) is 10.3. The van der Waals surface area contributed by atoms with Gasteiger partial charge >= 0.3 is 0 Å². The first-order valence-corrected chi connectivity index (χ1v) is 4.49. The fourth-order valence-corrected chi connectivity index (χ4v) is 1.22. The molecular formula is C8H16O4S. The summed E-state index contributed by atoms with van der Waals surface area (Å²) in [4.78, 5) is 0. The zero-order valence-electron chi connectivity index (χ0n) is 7.50. The molecule has 0 aliphatic carbocycles. The topological polar surface area (TPSA) is 69.9 Å². The summed E-state index contributed by atoms with van der Waals surface area (Å²) in [5.74, 6) is 0. The van der Waals surface area contributed by atoms with Gasteiger partial charge in [0.15, 0.2) is 0 Å². The lowest BCUT2D eigenvalue weighted by atomic mass is 10.0. The van der Waals surface area contributed by atoms with E-state index in [4.69, 9.17) is 14.9 Å². The Morgan fingerprint density at radius 3 is 2.38 bits per heavy atom. The fraction of sp³-hybridized carbons (Fsp3) is 0.750. The van der Waals surface area contributed by atoms with Gasteiger partial charge in [0.25, 0.3) is 0 Å². The van der Waals surface area contributed by atoms with Crippen LogP contribution in [0.1, 0.15) is 6.42 Å². The SMILES string of the molecule is CO.OC1COC(/C=C/S)CC1O. The Hall–Kier alpha value is -0.0700. The molecule has 0 saturated carbocycles. The minimum atomic E-state index is -0.737. The monoisotopic (exact) mass is 208 g/mol. The normalized spacial score (nSPS) is 34.1. The molecule has 3 N–H and O–H groups in total. The quantitative estimate of drug-likeness (QED) is 0.441. The van der Waals surface area contributed by atoms with Crippen molar-refractivity contribution >= 4 is 12.6 Å². The average Bonchev–Trinajstić information content (AvgIpc) is 2.15. The smallest absolute Gasteiger partial charge is 0.103 e. The van der Waals surface area contributed by atoms with Gasteiger partial charge < -0.3 is 20.1 Å². The first-order valence-electron chi connectivity index (χ1n) is 3.97. The average molecular weight is 208 g/mol. The maximum absolute atomic E-state index is 9.19. The highest BCUT2D eigenvalue weighted by Gasteiger charge is 2.26. The maximum atomic E-state index is 9.19. The van der Waals surface area contributed by atoms with Crippen LogP contribution in [0.2, 0.25) is 0 Å². The van der Waals surface area contributed by atoms with Crippen molar-refractivity contribution in [2.24, 2.45) is 0 Å². The lowest BCUT2D eigenvalue weighted by Crippen LogP contribution is -2.40. The number of ether oxygens (including phenoxy) is 1. The van der Waals surface area contributed by atoms with Crippen LogP contribution in [0.15, 0.2) is 11.5 Å². The van der Waals surface area contributed by atoms with Crippen molar-refractivity contribution in [1.82, 2.24) is 0 Å². The van der Waals surface area contributed by atoms with E-state index in [1.54, 1.807) is 11.5 Å². The summed E-state index contributed by atoms with van der Waals surface area (Å²) in [6, 6.07) is 0. The molecule has 0 aromatic heterocycles. The Bertz CT molecular complexity index is 151. The Labute approximate surface area is 83.3 Å². The minimum Gasteiger partial charge on any atom is -0.400 e. The molecular weight excluding hydrogens is 192 g/mol. The van der Waals surface area contributed by atoms with Crippen LogP contribution in [-0.2, 0) is 4.74 Å². The molecule has 5 heteroatoms. The van der Waals surface area contributed by atoms with Gasteiger partial charge in [-0.3, -0.25) is 0 Å². The molecule has 0 spiro atoms. The van der Waals surface area contributed by atoms with Crippen LogP contribution >= 0.6 is 12.6 Å². The molecule has 0 bridgehead atoms. The lowest BCUT2D eigenvalue weighted by Gasteiger charge is -2.28. The number of hydrogen-bond acceptors (Lipinski definition) is 5. The number of rotatable bonds is 1. The molecule has 4 nitrogen and oxygen atoms in total. The van der Waals surface area contributed by atoms with Crippen molar-refractivity contribution in [3.8, 4) is 0 Å². The van der Waals surface area contributed by atoms with Crippen LogP contribution in [0.5, 0.6) is 0 Å². The molecule has 0 aromatic carbocycles. The van der Waals surface area contributed by atoms with Gasteiger partial charge in [0.1, 0.15) is 6.10 Å². The van der Waals surface area contributed by atoms with E-state index in [0.717, 1.165) is 7.11 Å². The van der Waals surface area contributed by atoms with E-state index in [1.807, 2.05) is 0 Å². The number of hydrogen-bond donors (Lipinski definition) is 4. The van der Waals surface area contributed by atoms with Crippen molar-refractivity contribution in [3.63, 3.8) is 0 Å². The van der Waals surface area contributed by atoms with Crippen molar-refractivity contribution in [2.75, 3.05) is 13.7 Å². The van der Waals surface area contributed by atoms with E-state index in [2.05, 4.69) is 12.6 Å². The predicted octanol–water partition coefficient (Wildman–Crippen LogP) is -0.451. The van der Waals surface area contributed by atoms with Gasteiger partial charge in [0.2, 0.25) is 0 Å². The van der Waals surface area contributed by atoms with Crippen LogP contribution < -0.4 is 0 Å². The number of aliphatic hydroxyl groups excluding tert-OH is 3. The van der Waals surface area contributed by atoms with Crippen LogP contribution in [0, 0.1) is 0 Å². The molecule has 1 fully saturated rings. The largest absolute Gasteiger partial charge is 0.400 e. The van der Waals surface area contributed by atoms with Gasteiger partial charge in [-0.1, -0.05) is 0 Å². The van der Waals surface area contributed by atoms with Crippen LogP contribution in [-0.4, -0.2) is 47.3 Å². The van der Waals surface area contributed by atoms with Gasteiger partial charge in [0.05, 0.1) is 18.8 Å². The summed E-state index contributed by atoms with van der Waals surface area (Å²) in [5, 5.41) is 26.8.